The van der Waals surface area contributed by atoms with E-state index in [0.29, 0.717) is 25.9 Å². The van der Waals surface area contributed by atoms with Gasteiger partial charge in [0.05, 0.1) is 12.5 Å². The van der Waals surface area contributed by atoms with Gasteiger partial charge in [0.15, 0.2) is 0 Å². The molecular formula is C12H20N2O6. The van der Waals surface area contributed by atoms with Crippen LogP contribution in [-0.4, -0.2) is 48.2 Å². The standard InChI is InChI=1S/C6H9NO4.C6H11NO2/c8-6-5(2-4-11-6)1-3-7(9)10;8-4-2-5-1-3-7-6(5)9/h5H,1-4H2;5,8H,1-4H2,(H,7,9). The molecule has 0 aliphatic carbocycles. The third-order valence-electron chi connectivity index (χ3n) is 3.34. The average Bonchev–Trinajstić information content (AvgIpc) is 2.98. The second-order valence-electron chi connectivity index (χ2n) is 4.79. The minimum Gasteiger partial charge on any atom is -0.465 e. The van der Waals surface area contributed by atoms with Gasteiger partial charge >= 0.3 is 5.97 Å². The quantitative estimate of drug-likeness (QED) is 0.408. The summed E-state index contributed by atoms with van der Waals surface area (Å²) in [5.74, 6) is -0.341. The number of nitrogens with one attached hydrogen (secondary N) is 1. The number of cyclic esters (lactones) is 1. The summed E-state index contributed by atoms with van der Waals surface area (Å²) in [6.45, 7) is 1.18. The van der Waals surface area contributed by atoms with Crippen molar-refractivity contribution in [2.75, 3.05) is 26.3 Å². The molecule has 2 saturated heterocycles. The molecule has 2 atom stereocenters. The molecule has 8 nitrogen and oxygen atoms in total. The van der Waals surface area contributed by atoms with Gasteiger partial charge in [-0.1, -0.05) is 0 Å². The maximum atomic E-state index is 10.7. The van der Waals surface area contributed by atoms with Gasteiger partial charge in [0.2, 0.25) is 12.5 Å². The maximum Gasteiger partial charge on any atom is 0.309 e. The number of aliphatic hydroxyl groups excluding tert-OH is 1. The number of ether oxygens (including phenoxy) is 1. The molecule has 20 heavy (non-hydrogen) atoms. The van der Waals surface area contributed by atoms with Crippen LogP contribution < -0.4 is 5.32 Å². The summed E-state index contributed by atoms with van der Waals surface area (Å²) in [4.78, 5) is 31.0. The van der Waals surface area contributed by atoms with Gasteiger partial charge < -0.3 is 15.2 Å². The molecule has 114 valence electrons. The Labute approximate surface area is 116 Å². The minimum atomic E-state index is -0.411. The molecule has 0 aromatic carbocycles. The van der Waals surface area contributed by atoms with Gasteiger partial charge in [0, 0.05) is 30.4 Å². The van der Waals surface area contributed by atoms with Crippen molar-refractivity contribution in [1.29, 1.82) is 0 Å². The van der Waals surface area contributed by atoms with Crippen molar-refractivity contribution in [2.45, 2.75) is 25.7 Å². The summed E-state index contributed by atoms with van der Waals surface area (Å²) in [5.41, 5.74) is 0. The molecule has 8 heteroatoms. The number of esters is 1. The van der Waals surface area contributed by atoms with E-state index in [0.717, 1.165) is 13.0 Å². The molecule has 0 aromatic heterocycles. The highest BCUT2D eigenvalue weighted by atomic mass is 16.6. The van der Waals surface area contributed by atoms with Gasteiger partial charge in [-0.25, -0.2) is 0 Å². The van der Waals surface area contributed by atoms with Crippen LogP contribution in [0.5, 0.6) is 0 Å². The normalized spacial score (nSPS) is 24.6. The predicted octanol–water partition coefficient (Wildman–Crippen LogP) is -0.279. The van der Waals surface area contributed by atoms with Crippen molar-refractivity contribution in [3.8, 4) is 0 Å². The first kappa shape index (κ1) is 16.4. The zero-order chi connectivity index (χ0) is 15.0. The van der Waals surface area contributed by atoms with Gasteiger partial charge in [-0.3, -0.25) is 19.7 Å². The lowest BCUT2D eigenvalue weighted by Crippen LogP contribution is -2.19. The molecule has 0 radical (unpaired) electrons. The molecular weight excluding hydrogens is 268 g/mol. The maximum absolute atomic E-state index is 10.7. The number of nitro groups is 1. The lowest BCUT2D eigenvalue weighted by molar-refractivity contribution is -0.481. The van der Waals surface area contributed by atoms with Crippen molar-refractivity contribution in [3.05, 3.63) is 10.1 Å². The van der Waals surface area contributed by atoms with Crippen LogP contribution in [0.15, 0.2) is 0 Å². The zero-order valence-electron chi connectivity index (χ0n) is 11.2. The van der Waals surface area contributed by atoms with E-state index in [-0.39, 0.29) is 36.9 Å². The molecule has 2 aliphatic heterocycles. The highest BCUT2D eigenvalue weighted by Gasteiger charge is 2.27. The zero-order valence-corrected chi connectivity index (χ0v) is 11.2. The largest absolute Gasteiger partial charge is 0.465 e. The van der Waals surface area contributed by atoms with E-state index in [1.165, 1.54) is 0 Å². The van der Waals surface area contributed by atoms with E-state index in [4.69, 9.17) is 5.11 Å². The number of aliphatic hydroxyl groups is 1. The Kier molecular flexibility index (Phi) is 6.92. The summed E-state index contributed by atoms with van der Waals surface area (Å²) in [5, 5.41) is 21.1. The minimum absolute atomic E-state index is 0.0787. The van der Waals surface area contributed by atoms with Gasteiger partial charge in [0.1, 0.15) is 0 Å². The van der Waals surface area contributed by atoms with Crippen molar-refractivity contribution < 1.29 is 24.4 Å². The molecule has 0 bridgehead atoms. The molecule has 0 spiro atoms. The Morgan fingerprint density at radius 1 is 1.30 bits per heavy atom. The molecule has 0 saturated carbocycles. The summed E-state index contributed by atoms with van der Waals surface area (Å²) >= 11 is 0. The van der Waals surface area contributed by atoms with Crippen LogP contribution in [0.2, 0.25) is 0 Å². The lowest BCUT2D eigenvalue weighted by atomic mass is 10.1. The predicted molar refractivity (Wildman–Crippen MR) is 68.4 cm³/mol. The number of amides is 1. The number of hydrogen-bond donors (Lipinski definition) is 2. The number of hydrogen-bond acceptors (Lipinski definition) is 6. The Hall–Kier alpha value is -1.70. The van der Waals surface area contributed by atoms with Gasteiger partial charge in [-0.15, -0.1) is 0 Å². The molecule has 0 aromatic rings. The third-order valence-corrected chi connectivity index (χ3v) is 3.34. The topological polar surface area (TPSA) is 119 Å². The van der Waals surface area contributed by atoms with E-state index in [1.807, 2.05) is 0 Å². The summed E-state index contributed by atoms with van der Waals surface area (Å²) in [7, 11) is 0. The first-order chi connectivity index (χ1) is 9.54. The van der Waals surface area contributed by atoms with E-state index in [2.05, 4.69) is 10.1 Å². The van der Waals surface area contributed by atoms with Gasteiger partial charge in [0.25, 0.3) is 0 Å². The van der Waals surface area contributed by atoms with Crippen molar-refractivity contribution >= 4 is 11.9 Å². The molecule has 2 heterocycles. The van der Waals surface area contributed by atoms with E-state index in [1.54, 1.807) is 0 Å². The van der Waals surface area contributed by atoms with Crippen LogP contribution >= 0.6 is 0 Å². The van der Waals surface area contributed by atoms with Crippen molar-refractivity contribution in [3.63, 3.8) is 0 Å². The number of carbonyl (C=O) groups excluding carboxylic acids is 2. The highest BCUT2D eigenvalue weighted by molar-refractivity contribution is 5.80. The Morgan fingerprint density at radius 3 is 2.50 bits per heavy atom. The third kappa shape index (κ3) is 5.52. The second kappa shape index (κ2) is 8.47. The fraction of sp³-hybridized carbons (Fsp3) is 0.833. The van der Waals surface area contributed by atoms with Crippen LogP contribution in [0, 0.1) is 22.0 Å². The number of carbonyl (C=O) groups is 2. The Bertz CT molecular complexity index is 360. The number of nitrogens with zero attached hydrogens (tertiary/aromatic N) is 1. The van der Waals surface area contributed by atoms with E-state index < -0.39 is 4.92 Å². The fourth-order valence-corrected chi connectivity index (χ4v) is 2.14. The van der Waals surface area contributed by atoms with Crippen molar-refractivity contribution in [2.24, 2.45) is 11.8 Å². The lowest BCUT2D eigenvalue weighted by Gasteiger charge is -2.00. The van der Waals surface area contributed by atoms with Gasteiger partial charge in [-0.05, 0) is 19.3 Å². The molecule has 2 unspecified atom stereocenters. The molecule has 1 amide bonds. The van der Waals surface area contributed by atoms with E-state index in [9.17, 15) is 19.7 Å². The highest BCUT2D eigenvalue weighted by Crippen LogP contribution is 2.17. The first-order valence-corrected chi connectivity index (χ1v) is 6.71. The average molecular weight is 288 g/mol. The summed E-state index contributed by atoms with van der Waals surface area (Å²) in [6, 6.07) is 0. The monoisotopic (exact) mass is 288 g/mol. The molecule has 2 rings (SSSR count). The van der Waals surface area contributed by atoms with E-state index >= 15 is 0 Å². The van der Waals surface area contributed by atoms with Crippen LogP contribution in [0.3, 0.4) is 0 Å². The summed E-state index contributed by atoms with van der Waals surface area (Å²) < 4.78 is 4.64. The SMILES string of the molecule is O=C1NCCC1CCO.O=C1OCCC1CC[N+](=O)[O-]. The molecule has 2 aliphatic rings. The van der Waals surface area contributed by atoms with Crippen LogP contribution in [0.25, 0.3) is 0 Å². The number of rotatable bonds is 5. The molecule has 2 fully saturated rings. The fourth-order valence-electron chi connectivity index (χ4n) is 2.14. The second-order valence-corrected chi connectivity index (χ2v) is 4.79. The van der Waals surface area contributed by atoms with Crippen LogP contribution in [0.1, 0.15) is 25.7 Å². The Balaban J connectivity index is 0.000000204. The van der Waals surface area contributed by atoms with Crippen LogP contribution in [-0.2, 0) is 14.3 Å². The van der Waals surface area contributed by atoms with Crippen molar-refractivity contribution in [1.82, 2.24) is 5.32 Å². The first-order valence-electron chi connectivity index (χ1n) is 6.71. The Morgan fingerprint density at radius 2 is 2.05 bits per heavy atom. The summed E-state index contributed by atoms with van der Waals surface area (Å²) in [6.07, 6.45) is 2.45. The smallest absolute Gasteiger partial charge is 0.309 e. The van der Waals surface area contributed by atoms with Crippen LogP contribution in [0.4, 0.5) is 0 Å². The van der Waals surface area contributed by atoms with Gasteiger partial charge in [-0.2, -0.15) is 0 Å². The molecule has 2 N–H and O–H groups in total.